The van der Waals surface area contributed by atoms with Gasteiger partial charge >= 0.3 is 52.7 Å². The van der Waals surface area contributed by atoms with Crippen molar-refractivity contribution in [1.82, 2.24) is 0 Å². The van der Waals surface area contributed by atoms with Crippen molar-refractivity contribution in [2.24, 2.45) is 0 Å². The summed E-state index contributed by atoms with van der Waals surface area (Å²) in [6.45, 7) is 0. The minimum Gasteiger partial charge on any atom is 0 e. The maximum Gasteiger partial charge on any atom is 0 e. The van der Waals surface area contributed by atoms with Gasteiger partial charge in [-0.1, -0.05) is 0 Å². The maximum atomic E-state index is 3.43. The van der Waals surface area contributed by atoms with Crippen molar-refractivity contribution in [1.29, 1.82) is 0 Å². The fourth-order valence-electron chi connectivity index (χ4n) is 0.186. The first kappa shape index (κ1) is 8.13. The van der Waals surface area contributed by atoms with Crippen LogP contribution in [0.25, 0.3) is 0 Å². The Labute approximate surface area is 77.4 Å². The van der Waals surface area contributed by atoms with Gasteiger partial charge in [0.1, 0.15) is 0 Å². The van der Waals surface area contributed by atoms with E-state index in [-0.39, 0.29) is 69.0 Å². The van der Waals surface area contributed by atoms with Crippen LogP contribution in [0.1, 0.15) is 0 Å². The molecule has 0 nitrogen and oxygen atoms in total. The standard InChI is InChI=1S/C2H2.C.2Sb.Zr.H/c1-2;;;;;/h1-2H;;;;;/q;-1;;;;. The van der Waals surface area contributed by atoms with Gasteiger partial charge in [0.2, 0.25) is 0 Å². The van der Waals surface area contributed by atoms with Crippen LogP contribution in [0.3, 0.4) is 0 Å². The molecule has 0 amide bonds. The summed E-state index contributed by atoms with van der Waals surface area (Å²) >= 11 is 0.0767. The van der Waals surface area contributed by atoms with Crippen molar-refractivity contribution >= 4 is 44.7 Å². The maximum absolute atomic E-state index is 3.43. The predicted octanol–water partition coefficient (Wildman–Crippen LogP) is -0.754. The molecule has 0 radical (unpaired) electrons. The van der Waals surface area contributed by atoms with Crippen molar-refractivity contribution < 1.29 is 26.2 Å². The molecule has 0 aromatic carbocycles. The van der Waals surface area contributed by atoms with Crippen LogP contribution in [0.15, 0.2) is 8.05 Å². The normalized spacial score (nSPS) is 14.7. The molecule has 0 aliphatic carbocycles. The molecular formula is C3H3Sb2Zr-. The second-order valence-electron chi connectivity index (χ2n) is 0.701. The molecule has 0 saturated carbocycles. The Morgan fingerprint density at radius 2 is 2.50 bits per heavy atom. The Kier molecular flexibility index (Phi) is 7.14. The first-order valence-electron chi connectivity index (χ1n) is 1.35. The van der Waals surface area contributed by atoms with Gasteiger partial charge in [0.15, 0.2) is 0 Å². The van der Waals surface area contributed by atoms with Crippen molar-refractivity contribution in [3.8, 4) is 0 Å². The summed E-state index contributed by atoms with van der Waals surface area (Å²) in [5.41, 5.74) is 0. The van der Waals surface area contributed by atoms with Crippen LogP contribution in [0, 0.1) is 0 Å². The predicted molar refractivity (Wildman–Crippen MR) is 27.0 cm³/mol. The van der Waals surface area contributed by atoms with Crippen molar-refractivity contribution in [3.05, 3.63) is 8.05 Å². The molecule has 1 aliphatic rings. The molecule has 3 heteroatoms. The molecule has 1 rings (SSSR count). The summed E-state index contributed by atoms with van der Waals surface area (Å²) in [6.07, 6.45) is 0. The number of hydrogen-bond donors (Lipinski definition) is 0. The molecule has 6 heavy (non-hydrogen) atoms. The van der Waals surface area contributed by atoms with E-state index in [0.717, 1.165) is 0 Å². The van der Waals surface area contributed by atoms with E-state index in [9.17, 15) is 0 Å². The molecule has 0 bridgehead atoms. The Hall–Kier alpha value is 2.13. The number of hydrogen-bond acceptors (Lipinski definition) is 0. The molecule has 0 N–H and O–H groups in total. The van der Waals surface area contributed by atoms with Crippen LogP contribution in [-0.4, -0.2) is 44.7 Å². The Morgan fingerprint density at radius 3 is 2.67 bits per heavy atom. The summed E-state index contributed by atoms with van der Waals surface area (Å²) < 4.78 is 8.14. The Balaban J connectivity index is 0.000000250. The zero-order valence-corrected chi connectivity index (χ0v) is 11.0. The second kappa shape index (κ2) is 5.27. The van der Waals surface area contributed by atoms with Crippen LogP contribution >= 0.6 is 0 Å². The topological polar surface area (TPSA) is 0 Å². The van der Waals surface area contributed by atoms with E-state index in [1.807, 2.05) is 0 Å². The second-order valence-corrected chi connectivity index (χ2v) is 8.98. The first-order chi connectivity index (χ1) is 2.50. The SMILES string of the molecule is [C-]1=[Sb][CH]=[CH][SbH]1.[Zr]. The van der Waals surface area contributed by atoms with Gasteiger partial charge in [0.25, 0.3) is 0 Å². The fraction of sp³-hybridized carbons (Fsp3) is 0. The zero-order chi connectivity index (χ0) is 3.54. The van der Waals surface area contributed by atoms with Gasteiger partial charge < -0.3 is 0 Å². The molecule has 0 atom stereocenters. The van der Waals surface area contributed by atoms with E-state index in [4.69, 9.17) is 0 Å². The van der Waals surface area contributed by atoms with E-state index in [1.165, 1.54) is 0 Å². The molecule has 0 spiro atoms. The summed E-state index contributed by atoms with van der Waals surface area (Å²) in [4.78, 5) is 0. The molecule has 0 saturated heterocycles. The quantitative estimate of drug-likeness (QED) is 0.387. The van der Waals surface area contributed by atoms with Gasteiger partial charge in [0, 0.05) is 26.2 Å². The van der Waals surface area contributed by atoms with E-state index in [2.05, 4.69) is 9.94 Å². The van der Waals surface area contributed by atoms with Crippen molar-refractivity contribution in [2.75, 3.05) is 0 Å². The minimum atomic E-state index is -0.0350. The summed E-state index contributed by atoms with van der Waals surface area (Å²) in [5, 5.41) is 0. The van der Waals surface area contributed by atoms with Gasteiger partial charge in [-0.3, -0.25) is 0 Å². The third-order valence-electron chi connectivity index (χ3n) is 0.362. The van der Waals surface area contributed by atoms with Gasteiger partial charge in [0.05, 0.1) is 0 Å². The number of rotatable bonds is 0. The molecule has 0 aromatic heterocycles. The fourth-order valence-corrected chi connectivity index (χ4v) is 8.39. The van der Waals surface area contributed by atoms with Crippen LogP contribution in [-0.2, 0) is 26.2 Å². The molecule has 30 valence electrons. The average molecular weight is 374 g/mol. The Bertz CT molecular complexity index is 66.9. The van der Waals surface area contributed by atoms with Crippen molar-refractivity contribution in [2.45, 2.75) is 0 Å². The van der Waals surface area contributed by atoms with Gasteiger partial charge in [-0.2, -0.15) is 0 Å². The van der Waals surface area contributed by atoms with Crippen LogP contribution in [0.2, 0.25) is 0 Å². The molecule has 1 heterocycles. The third kappa shape index (κ3) is 3.17. The molecule has 0 aromatic rings. The van der Waals surface area contributed by atoms with Crippen LogP contribution in [0.5, 0.6) is 0 Å². The smallest absolute Gasteiger partial charge is 0 e. The van der Waals surface area contributed by atoms with Gasteiger partial charge in [-0.05, 0) is 0 Å². The van der Waals surface area contributed by atoms with E-state index < -0.39 is 0 Å². The van der Waals surface area contributed by atoms with Gasteiger partial charge in [-0.15, -0.1) is 0 Å². The van der Waals surface area contributed by atoms with E-state index in [1.54, 1.807) is 0 Å². The largest absolute Gasteiger partial charge is 0 e. The molecule has 0 fully saturated rings. The average Bonchev–Trinajstić information content (AvgIpc) is 1.76. The Morgan fingerprint density at radius 1 is 1.67 bits per heavy atom. The monoisotopic (exact) mass is 371 g/mol. The van der Waals surface area contributed by atoms with E-state index >= 15 is 0 Å². The minimum absolute atomic E-state index is 0. The molecule has 1 aliphatic heterocycles. The van der Waals surface area contributed by atoms with Gasteiger partial charge in [-0.25, -0.2) is 0 Å². The first-order valence-corrected chi connectivity index (χ1v) is 7.18. The molecule has 0 unspecified atom stereocenters. The third-order valence-corrected chi connectivity index (χ3v) is 10.2. The van der Waals surface area contributed by atoms with Crippen LogP contribution < -0.4 is 0 Å². The van der Waals surface area contributed by atoms with Crippen LogP contribution in [0.4, 0.5) is 0 Å². The van der Waals surface area contributed by atoms with E-state index in [0.29, 0.717) is 0 Å². The summed E-state index contributed by atoms with van der Waals surface area (Å²) in [5.74, 6) is 0. The summed E-state index contributed by atoms with van der Waals surface area (Å²) in [6, 6.07) is 0. The summed E-state index contributed by atoms with van der Waals surface area (Å²) in [7, 11) is 0. The zero-order valence-electron chi connectivity index (χ0n) is 3.10. The van der Waals surface area contributed by atoms with Crippen molar-refractivity contribution in [3.63, 3.8) is 0 Å². The molecular weight excluding hydrogens is 371 g/mol.